The molecule has 1 heterocycles. The Labute approximate surface area is 112 Å². The minimum absolute atomic E-state index is 0.118. The molecule has 0 aromatic heterocycles. The van der Waals surface area contributed by atoms with Crippen molar-refractivity contribution in [2.75, 3.05) is 11.9 Å². The molecule has 1 fully saturated rings. The van der Waals surface area contributed by atoms with Crippen LogP contribution in [0.15, 0.2) is 16.6 Å². The SMILES string of the molecule is Cc1cc(F)c(Br)cc1NC(=O)C1CNC(=O)C1. The molecule has 1 saturated heterocycles. The highest BCUT2D eigenvalue weighted by atomic mass is 79.9. The average molecular weight is 315 g/mol. The molecule has 0 spiro atoms. The molecule has 1 aliphatic rings. The standard InChI is InChI=1S/C12H12BrFN2O2/c1-6-2-9(14)8(13)4-10(6)16-12(18)7-3-11(17)15-5-7/h2,4,7H,3,5H2,1H3,(H,15,17)(H,16,18). The number of hydrogen-bond donors (Lipinski definition) is 2. The third-order valence-corrected chi connectivity index (χ3v) is 3.48. The van der Waals surface area contributed by atoms with Gasteiger partial charge >= 0.3 is 0 Å². The van der Waals surface area contributed by atoms with Gasteiger partial charge < -0.3 is 10.6 Å². The molecule has 1 aliphatic heterocycles. The van der Waals surface area contributed by atoms with Gasteiger partial charge in [-0.1, -0.05) is 0 Å². The highest BCUT2D eigenvalue weighted by Crippen LogP contribution is 2.25. The van der Waals surface area contributed by atoms with E-state index >= 15 is 0 Å². The smallest absolute Gasteiger partial charge is 0.229 e. The van der Waals surface area contributed by atoms with Crippen LogP contribution in [0.1, 0.15) is 12.0 Å². The van der Waals surface area contributed by atoms with Crippen molar-refractivity contribution in [2.24, 2.45) is 5.92 Å². The Balaban J connectivity index is 2.12. The van der Waals surface area contributed by atoms with Crippen LogP contribution < -0.4 is 10.6 Å². The van der Waals surface area contributed by atoms with E-state index in [1.165, 1.54) is 12.1 Å². The minimum Gasteiger partial charge on any atom is -0.355 e. The molecule has 1 aromatic carbocycles. The van der Waals surface area contributed by atoms with E-state index in [0.29, 0.717) is 22.3 Å². The number of benzene rings is 1. The van der Waals surface area contributed by atoms with Gasteiger partial charge in [-0.15, -0.1) is 0 Å². The molecule has 0 radical (unpaired) electrons. The third kappa shape index (κ3) is 2.69. The maximum Gasteiger partial charge on any atom is 0.229 e. The van der Waals surface area contributed by atoms with Gasteiger partial charge in [0, 0.05) is 18.7 Å². The molecule has 0 aliphatic carbocycles. The fourth-order valence-electron chi connectivity index (χ4n) is 1.81. The van der Waals surface area contributed by atoms with Crippen LogP contribution in [0.2, 0.25) is 0 Å². The lowest BCUT2D eigenvalue weighted by atomic mass is 10.1. The number of anilines is 1. The lowest BCUT2D eigenvalue weighted by Gasteiger charge is -2.12. The van der Waals surface area contributed by atoms with Gasteiger partial charge in [0.1, 0.15) is 5.82 Å². The molecule has 6 heteroatoms. The first kappa shape index (κ1) is 13.0. The van der Waals surface area contributed by atoms with Crippen molar-refractivity contribution in [2.45, 2.75) is 13.3 Å². The molecule has 1 unspecified atom stereocenters. The molecule has 2 N–H and O–H groups in total. The van der Waals surface area contributed by atoms with Crippen LogP contribution in [-0.2, 0) is 9.59 Å². The second kappa shape index (κ2) is 5.06. The summed E-state index contributed by atoms with van der Waals surface area (Å²) in [5, 5.41) is 5.32. The first-order valence-corrected chi connectivity index (χ1v) is 6.30. The van der Waals surface area contributed by atoms with Gasteiger partial charge in [0.25, 0.3) is 0 Å². The highest BCUT2D eigenvalue weighted by molar-refractivity contribution is 9.10. The quantitative estimate of drug-likeness (QED) is 0.877. The van der Waals surface area contributed by atoms with Crippen LogP contribution in [0, 0.1) is 18.7 Å². The van der Waals surface area contributed by atoms with Gasteiger partial charge in [0.05, 0.1) is 10.4 Å². The number of amides is 2. The second-order valence-corrected chi connectivity index (χ2v) is 5.13. The number of nitrogens with one attached hydrogen (secondary N) is 2. The summed E-state index contributed by atoms with van der Waals surface area (Å²) in [6.45, 7) is 2.06. The monoisotopic (exact) mass is 314 g/mol. The Morgan fingerprint density at radius 3 is 2.89 bits per heavy atom. The van der Waals surface area contributed by atoms with Crippen molar-refractivity contribution >= 4 is 33.4 Å². The summed E-state index contributed by atoms with van der Waals surface area (Å²) in [5.74, 6) is -1.08. The average Bonchev–Trinajstić information content (AvgIpc) is 2.73. The Kier molecular flexibility index (Phi) is 3.65. The van der Waals surface area contributed by atoms with Gasteiger partial charge in [-0.2, -0.15) is 0 Å². The number of hydrogen-bond acceptors (Lipinski definition) is 2. The van der Waals surface area contributed by atoms with Gasteiger partial charge in [0.15, 0.2) is 0 Å². The molecule has 18 heavy (non-hydrogen) atoms. The Hall–Kier alpha value is -1.43. The van der Waals surface area contributed by atoms with Crippen LogP contribution in [0.5, 0.6) is 0 Å². The van der Waals surface area contributed by atoms with E-state index in [-0.39, 0.29) is 30.0 Å². The molecule has 0 saturated carbocycles. The molecular weight excluding hydrogens is 303 g/mol. The first-order chi connectivity index (χ1) is 8.47. The minimum atomic E-state index is -0.372. The molecule has 1 atom stereocenters. The molecule has 0 bridgehead atoms. The molecular formula is C12H12BrFN2O2. The van der Waals surface area contributed by atoms with Crippen molar-refractivity contribution in [1.29, 1.82) is 0 Å². The zero-order valence-electron chi connectivity index (χ0n) is 9.72. The summed E-state index contributed by atoms with van der Waals surface area (Å²) in [6, 6.07) is 2.87. The number of carbonyl (C=O) groups excluding carboxylic acids is 2. The van der Waals surface area contributed by atoms with Gasteiger partial charge in [-0.25, -0.2) is 4.39 Å². The second-order valence-electron chi connectivity index (χ2n) is 4.28. The molecule has 4 nitrogen and oxygen atoms in total. The maximum atomic E-state index is 13.2. The summed E-state index contributed by atoms with van der Waals surface area (Å²) >= 11 is 3.07. The van der Waals surface area contributed by atoms with Crippen LogP contribution in [-0.4, -0.2) is 18.4 Å². The Morgan fingerprint density at radius 1 is 1.56 bits per heavy atom. The summed E-state index contributed by atoms with van der Waals surface area (Å²) < 4.78 is 13.5. The van der Waals surface area contributed by atoms with Crippen molar-refractivity contribution in [3.8, 4) is 0 Å². The first-order valence-electron chi connectivity index (χ1n) is 5.50. The number of rotatable bonds is 2. The lowest BCUT2D eigenvalue weighted by Crippen LogP contribution is -2.25. The number of halogens is 2. The van der Waals surface area contributed by atoms with E-state index in [1.807, 2.05) is 0 Å². The summed E-state index contributed by atoms with van der Waals surface area (Å²) in [7, 11) is 0. The van der Waals surface area contributed by atoms with E-state index in [0.717, 1.165) is 0 Å². The summed E-state index contributed by atoms with van der Waals surface area (Å²) in [4.78, 5) is 22.9. The summed E-state index contributed by atoms with van der Waals surface area (Å²) in [5.41, 5.74) is 1.19. The van der Waals surface area contributed by atoms with Gasteiger partial charge in [0.2, 0.25) is 11.8 Å². The van der Waals surface area contributed by atoms with Gasteiger partial charge in [-0.3, -0.25) is 9.59 Å². The predicted octanol–water partition coefficient (Wildman–Crippen LogP) is 1.97. The molecule has 2 amide bonds. The van der Waals surface area contributed by atoms with Crippen molar-refractivity contribution in [3.63, 3.8) is 0 Å². The fourth-order valence-corrected chi connectivity index (χ4v) is 2.15. The molecule has 1 aromatic rings. The topological polar surface area (TPSA) is 58.2 Å². The van der Waals surface area contributed by atoms with E-state index in [4.69, 9.17) is 0 Å². The third-order valence-electron chi connectivity index (χ3n) is 2.87. The van der Waals surface area contributed by atoms with E-state index in [1.54, 1.807) is 6.92 Å². The maximum absolute atomic E-state index is 13.2. The lowest BCUT2D eigenvalue weighted by molar-refractivity contribution is -0.123. The summed E-state index contributed by atoms with van der Waals surface area (Å²) in [6.07, 6.45) is 0.202. The van der Waals surface area contributed by atoms with Crippen molar-refractivity contribution in [1.82, 2.24) is 5.32 Å². The van der Waals surface area contributed by atoms with Crippen LogP contribution in [0.3, 0.4) is 0 Å². The zero-order chi connectivity index (χ0) is 13.3. The van der Waals surface area contributed by atoms with E-state index in [9.17, 15) is 14.0 Å². The fraction of sp³-hybridized carbons (Fsp3) is 0.333. The zero-order valence-corrected chi connectivity index (χ0v) is 11.3. The largest absolute Gasteiger partial charge is 0.355 e. The Bertz CT molecular complexity index is 519. The van der Waals surface area contributed by atoms with Crippen LogP contribution >= 0.6 is 15.9 Å². The van der Waals surface area contributed by atoms with E-state index < -0.39 is 0 Å². The molecule has 2 rings (SSSR count). The molecule has 96 valence electrons. The van der Waals surface area contributed by atoms with Gasteiger partial charge in [-0.05, 0) is 40.5 Å². The Morgan fingerprint density at radius 2 is 2.28 bits per heavy atom. The van der Waals surface area contributed by atoms with Crippen LogP contribution in [0.25, 0.3) is 0 Å². The van der Waals surface area contributed by atoms with Crippen LogP contribution in [0.4, 0.5) is 10.1 Å². The van der Waals surface area contributed by atoms with Crippen molar-refractivity contribution < 1.29 is 14.0 Å². The highest BCUT2D eigenvalue weighted by Gasteiger charge is 2.28. The predicted molar refractivity (Wildman–Crippen MR) is 68.6 cm³/mol. The van der Waals surface area contributed by atoms with Crippen molar-refractivity contribution in [3.05, 3.63) is 28.0 Å². The van der Waals surface area contributed by atoms with E-state index in [2.05, 4.69) is 26.6 Å². The number of carbonyl (C=O) groups is 2. The normalized spacial score (nSPS) is 18.6. The number of aryl methyl sites for hydroxylation is 1.